The van der Waals surface area contributed by atoms with Crippen molar-refractivity contribution in [1.29, 1.82) is 0 Å². The molecule has 0 bridgehead atoms. The molecular weight excluding hydrogens is 372 g/mol. The Labute approximate surface area is 147 Å². The summed E-state index contributed by atoms with van der Waals surface area (Å²) in [4.78, 5) is 16.2. The largest absolute Gasteiger partial charge is 0.292 e. The first-order chi connectivity index (χ1) is 11.5. The number of nitrogens with one attached hydrogen (secondary N) is 1. The van der Waals surface area contributed by atoms with E-state index in [9.17, 15) is 4.79 Å². The van der Waals surface area contributed by atoms with Gasteiger partial charge in [0.1, 0.15) is 12.9 Å². The predicted octanol–water partition coefficient (Wildman–Crippen LogP) is 2.54. The van der Waals surface area contributed by atoms with Crippen LogP contribution >= 0.6 is 15.9 Å². The van der Waals surface area contributed by atoms with Gasteiger partial charge in [-0.2, -0.15) is 5.10 Å². The third-order valence-corrected chi connectivity index (χ3v) is 4.35. The van der Waals surface area contributed by atoms with Crippen LogP contribution in [0.5, 0.6) is 0 Å². The fourth-order valence-electron chi connectivity index (χ4n) is 2.28. The molecule has 3 aromatic rings. The van der Waals surface area contributed by atoms with E-state index in [-0.39, 0.29) is 18.4 Å². The molecule has 2 heterocycles. The molecule has 3 rings (SSSR count). The maximum atomic E-state index is 12.0. The molecule has 24 heavy (non-hydrogen) atoms. The van der Waals surface area contributed by atoms with E-state index in [0.717, 1.165) is 15.7 Å². The predicted molar refractivity (Wildman–Crippen MR) is 93.6 cm³/mol. The Balaban J connectivity index is 1.61. The van der Waals surface area contributed by atoms with E-state index in [2.05, 4.69) is 49.4 Å². The number of benzene rings is 1. The first-order valence-electron chi connectivity index (χ1n) is 7.44. The maximum Gasteiger partial charge on any atom is 0.248 e. The average Bonchev–Trinajstić information content (AvgIpc) is 3.08. The van der Waals surface area contributed by atoms with Crippen molar-refractivity contribution in [3.05, 3.63) is 58.1 Å². The van der Waals surface area contributed by atoms with E-state index in [1.165, 1.54) is 5.56 Å². The van der Waals surface area contributed by atoms with Crippen LogP contribution in [0.15, 0.2) is 41.3 Å². The summed E-state index contributed by atoms with van der Waals surface area (Å²) >= 11 is 3.37. The molecule has 1 amide bonds. The number of aromatic nitrogens is 5. The van der Waals surface area contributed by atoms with Gasteiger partial charge >= 0.3 is 0 Å². The quantitative estimate of drug-likeness (QED) is 0.728. The Hall–Kier alpha value is -2.48. The van der Waals surface area contributed by atoms with Crippen LogP contribution in [-0.2, 0) is 17.9 Å². The molecular formula is C16H17BrN6O. The molecule has 0 saturated heterocycles. The highest BCUT2D eigenvalue weighted by molar-refractivity contribution is 9.10. The molecule has 0 aliphatic heterocycles. The van der Waals surface area contributed by atoms with Gasteiger partial charge in [-0.1, -0.05) is 24.3 Å². The van der Waals surface area contributed by atoms with Crippen molar-refractivity contribution < 1.29 is 4.79 Å². The second-order valence-corrected chi connectivity index (χ2v) is 6.35. The lowest BCUT2D eigenvalue weighted by atomic mass is 10.1. The summed E-state index contributed by atoms with van der Waals surface area (Å²) in [6, 6.07) is 8.10. The van der Waals surface area contributed by atoms with Crippen molar-refractivity contribution in [3.8, 4) is 0 Å². The van der Waals surface area contributed by atoms with Gasteiger partial charge in [0.25, 0.3) is 0 Å². The van der Waals surface area contributed by atoms with E-state index in [1.54, 1.807) is 21.9 Å². The number of hydrogen-bond acceptors (Lipinski definition) is 4. The van der Waals surface area contributed by atoms with Crippen LogP contribution in [0, 0.1) is 13.8 Å². The number of halogens is 1. The molecule has 1 aromatic carbocycles. The van der Waals surface area contributed by atoms with E-state index >= 15 is 0 Å². The zero-order valence-electron chi connectivity index (χ0n) is 13.4. The van der Waals surface area contributed by atoms with Gasteiger partial charge in [0.2, 0.25) is 11.9 Å². The molecule has 8 heteroatoms. The maximum absolute atomic E-state index is 12.0. The Morgan fingerprint density at radius 1 is 1.21 bits per heavy atom. The van der Waals surface area contributed by atoms with Crippen LogP contribution in [0.4, 0.5) is 5.95 Å². The number of carbonyl (C=O) groups is 1. The van der Waals surface area contributed by atoms with Gasteiger partial charge in [-0.05, 0) is 40.9 Å². The zero-order chi connectivity index (χ0) is 17.1. The van der Waals surface area contributed by atoms with Gasteiger partial charge in [0, 0.05) is 6.20 Å². The van der Waals surface area contributed by atoms with Crippen LogP contribution in [-0.4, -0.2) is 30.5 Å². The lowest BCUT2D eigenvalue weighted by Gasteiger charge is -2.04. The van der Waals surface area contributed by atoms with E-state index < -0.39 is 0 Å². The van der Waals surface area contributed by atoms with Crippen molar-refractivity contribution in [2.45, 2.75) is 26.9 Å². The standard InChI is InChI=1S/C16H17BrN6O/c1-11-5-3-4-6-13(11)7-23-10-18-16(21-23)19-15(24)9-22-8-14(17)12(2)20-22/h3-6,8,10H,7,9H2,1-2H3,(H,19,21,24). The first kappa shape index (κ1) is 16.4. The molecule has 0 atom stereocenters. The minimum absolute atomic E-state index is 0.110. The molecule has 0 fully saturated rings. The minimum Gasteiger partial charge on any atom is -0.292 e. The minimum atomic E-state index is -0.223. The first-order valence-corrected chi connectivity index (χ1v) is 8.24. The second kappa shape index (κ2) is 6.96. The third-order valence-electron chi connectivity index (χ3n) is 3.57. The SMILES string of the molecule is Cc1ccccc1Cn1cnc(NC(=O)Cn2cc(Br)c(C)n2)n1. The topological polar surface area (TPSA) is 77.6 Å². The van der Waals surface area contributed by atoms with Crippen LogP contribution in [0.3, 0.4) is 0 Å². The monoisotopic (exact) mass is 388 g/mol. The van der Waals surface area contributed by atoms with Crippen LogP contribution in [0.1, 0.15) is 16.8 Å². The highest BCUT2D eigenvalue weighted by Gasteiger charge is 2.10. The molecule has 0 spiro atoms. The number of aryl methyl sites for hydroxylation is 2. The van der Waals surface area contributed by atoms with Gasteiger partial charge in [-0.3, -0.25) is 14.8 Å². The molecule has 1 N–H and O–H groups in total. The van der Waals surface area contributed by atoms with Gasteiger partial charge in [-0.15, -0.1) is 5.10 Å². The molecule has 0 radical (unpaired) electrons. The fourth-order valence-corrected chi connectivity index (χ4v) is 2.59. The Bertz CT molecular complexity index is 850. The van der Waals surface area contributed by atoms with E-state index in [0.29, 0.717) is 6.54 Å². The molecule has 2 aromatic heterocycles. The highest BCUT2D eigenvalue weighted by Crippen LogP contribution is 2.13. The summed E-state index contributed by atoms with van der Waals surface area (Å²) in [6.07, 6.45) is 3.37. The number of carbonyl (C=O) groups excluding carboxylic acids is 1. The number of anilines is 1. The lowest BCUT2D eigenvalue weighted by molar-refractivity contribution is -0.116. The lowest BCUT2D eigenvalue weighted by Crippen LogP contribution is -2.20. The van der Waals surface area contributed by atoms with Crippen molar-refractivity contribution >= 4 is 27.8 Å². The smallest absolute Gasteiger partial charge is 0.248 e. The number of hydrogen-bond donors (Lipinski definition) is 1. The molecule has 0 aliphatic carbocycles. The second-order valence-electron chi connectivity index (χ2n) is 5.50. The molecule has 0 saturated carbocycles. The fraction of sp³-hybridized carbons (Fsp3) is 0.250. The summed E-state index contributed by atoms with van der Waals surface area (Å²) in [5, 5.41) is 11.2. The van der Waals surface area contributed by atoms with Gasteiger partial charge < -0.3 is 0 Å². The summed E-state index contributed by atoms with van der Waals surface area (Å²) < 4.78 is 4.14. The van der Waals surface area contributed by atoms with Crippen molar-refractivity contribution in [2.24, 2.45) is 0 Å². The Morgan fingerprint density at radius 3 is 2.71 bits per heavy atom. The number of rotatable bonds is 5. The highest BCUT2D eigenvalue weighted by atomic mass is 79.9. The van der Waals surface area contributed by atoms with Crippen LogP contribution in [0.25, 0.3) is 0 Å². The summed E-state index contributed by atoms with van der Waals surface area (Å²) in [7, 11) is 0. The summed E-state index contributed by atoms with van der Waals surface area (Å²) in [5.41, 5.74) is 3.19. The zero-order valence-corrected chi connectivity index (χ0v) is 15.0. The molecule has 124 valence electrons. The van der Waals surface area contributed by atoms with Crippen molar-refractivity contribution in [3.63, 3.8) is 0 Å². The van der Waals surface area contributed by atoms with Crippen LogP contribution in [0.2, 0.25) is 0 Å². The van der Waals surface area contributed by atoms with Gasteiger partial charge in [0.05, 0.1) is 16.7 Å². The van der Waals surface area contributed by atoms with E-state index in [1.807, 2.05) is 25.1 Å². The van der Waals surface area contributed by atoms with Gasteiger partial charge in [-0.25, -0.2) is 9.67 Å². The number of nitrogens with zero attached hydrogens (tertiary/aromatic N) is 5. The normalized spacial score (nSPS) is 10.8. The number of amides is 1. The Kier molecular flexibility index (Phi) is 4.75. The Morgan fingerprint density at radius 2 is 2.00 bits per heavy atom. The third kappa shape index (κ3) is 3.88. The van der Waals surface area contributed by atoms with Crippen molar-refractivity contribution in [2.75, 3.05) is 5.32 Å². The van der Waals surface area contributed by atoms with Gasteiger partial charge in [0.15, 0.2) is 0 Å². The molecule has 0 unspecified atom stereocenters. The summed E-state index contributed by atoms with van der Waals surface area (Å²) in [6.45, 7) is 4.64. The molecule has 7 nitrogen and oxygen atoms in total. The van der Waals surface area contributed by atoms with Crippen LogP contribution < -0.4 is 5.32 Å². The van der Waals surface area contributed by atoms with Crippen molar-refractivity contribution in [1.82, 2.24) is 24.5 Å². The average molecular weight is 389 g/mol. The summed E-state index contributed by atoms with van der Waals surface area (Å²) in [5.74, 6) is 0.0650. The van der Waals surface area contributed by atoms with E-state index in [4.69, 9.17) is 0 Å². The molecule has 0 aliphatic rings.